The predicted octanol–water partition coefficient (Wildman–Crippen LogP) is 3.85. The summed E-state index contributed by atoms with van der Waals surface area (Å²) in [7, 11) is 0. The van der Waals surface area contributed by atoms with Crippen molar-refractivity contribution in [3.8, 4) is 6.07 Å². The van der Waals surface area contributed by atoms with E-state index in [4.69, 9.17) is 16.4 Å². The maximum atomic E-state index is 14.4. The van der Waals surface area contributed by atoms with E-state index in [0.717, 1.165) is 12.4 Å². The molecule has 152 valence electrons. The number of aromatic nitrogens is 2. The zero-order valence-electron chi connectivity index (χ0n) is 15.6. The number of benzene rings is 2. The van der Waals surface area contributed by atoms with Crippen LogP contribution in [0.5, 0.6) is 0 Å². The molecule has 0 atom stereocenters. The minimum atomic E-state index is -2.85. The van der Waals surface area contributed by atoms with Crippen LogP contribution in [0.4, 0.5) is 24.5 Å². The number of nitrogens with one attached hydrogen (secondary N) is 2. The average Bonchev–Trinajstić information content (AvgIpc) is 3.20. The van der Waals surface area contributed by atoms with Crippen molar-refractivity contribution in [2.24, 2.45) is 0 Å². The lowest BCUT2D eigenvalue weighted by molar-refractivity contribution is 0.0566. The van der Waals surface area contributed by atoms with Gasteiger partial charge in [-0.3, -0.25) is 10.2 Å². The van der Waals surface area contributed by atoms with Crippen molar-refractivity contribution in [1.82, 2.24) is 9.78 Å². The summed E-state index contributed by atoms with van der Waals surface area (Å²) in [6.07, 6.45) is 2.11. The maximum Gasteiger partial charge on any atom is 0.333 e. The number of nitrogens with zero attached hydrogens (tertiary/aromatic N) is 3. The van der Waals surface area contributed by atoms with E-state index in [1.807, 2.05) is 0 Å². The van der Waals surface area contributed by atoms with Gasteiger partial charge in [0.05, 0.1) is 23.0 Å². The van der Waals surface area contributed by atoms with Crippen LogP contribution in [-0.4, -0.2) is 21.4 Å². The number of nitrogens with two attached hydrogens (primary N) is 1. The lowest BCUT2D eigenvalue weighted by Crippen LogP contribution is -2.17. The number of halogens is 3. The molecule has 1 amide bonds. The Bertz CT molecular complexity index is 1200. The van der Waals surface area contributed by atoms with Gasteiger partial charge in [-0.1, -0.05) is 6.07 Å². The van der Waals surface area contributed by atoms with E-state index < -0.39 is 18.3 Å². The molecule has 10 heteroatoms. The molecule has 4 N–H and O–H groups in total. The Morgan fingerprint density at radius 3 is 2.70 bits per heavy atom. The van der Waals surface area contributed by atoms with Crippen LogP contribution in [0.15, 0.2) is 42.7 Å². The fourth-order valence-electron chi connectivity index (χ4n) is 2.81. The molecule has 0 radical (unpaired) electrons. The van der Waals surface area contributed by atoms with E-state index in [-0.39, 0.29) is 39.3 Å². The Morgan fingerprint density at radius 1 is 1.33 bits per heavy atom. The molecule has 7 nitrogen and oxygen atoms in total. The Balaban J connectivity index is 1.91. The van der Waals surface area contributed by atoms with Crippen LogP contribution < -0.4 is 11.1 Å². The molecule has 0 unspecified atom stereocenters. The predicted molar refractivity (Wildman–Crippen MR) is 104 cm³/mol. The first kappa shape index (κ1) is 20.6. The topological polar surface area (TPSA) is 121 Å². The van der Waals surface area contributed by atoms with Crippen molar-refractivity contribution in [3.63, 3.8) is 0 Å². The maximum absolute atomic E-state index is 14.4. The molecule has 0 spiro atoms. The zero-order valence-corrected chi connectivity index (χ0v) is 15.6. The van der Waals surface area contributed by atoms with E-state index in [0.29, 0.717) is 10.2 Å². The van der Waals surface area contributed by atoms with Crippen LogP contribution in [0.2, 0.25) is 0 Å². The number of carbonyl (C=O) groups excluding carboxylic acids is 1. The number of aryl methyl sites for hydroxylation is 1. The number of hydrogen-bond donors (Lipinski definition) is 3. The molecule has 3 rings (SSSR count). The number of anilines is 2. The Morgan fingerprint density at radius 2 is 2.07 bits per heavy atom. The molecule has 0 saturated heterocycles. The molecule has 30 heavy (non-hydrogen) atoms. The van der Waals surface area contributed by atoms with Crippen molar-refractivity contribution >= 4 is 23.0 Å². The third-order valence-corrected chi connectivity index (χ3v) is 4.37. The molecule has 0 bridgehead atoms. The molecule has 2 aromatic carbocycles. The number of rotatable bonds is 5. The Hall–Kier alpha value is -4.13. The van der Waals surface area contributed by atoms with Crippen molar-refractivity contribution in [2.75, 3.05) is 11.1 Å². The van der Waals surface area contributed by atoms with Crippen molar-refractivity contribution in [1.29, 1.82) is 10.7 Å². The molecule has 0 aliphatic heterocycles. The van der Waals surface area contributed by atoms with E-state index in [2.05, 4.69) is 10.4 Å². The van der Waals surface area contributed by atoms with Crippen molar-refractivity contribution < 1.29 is 18.0 Å². The van der Waals surface area contributed by atoms with E-state index in [1.54, 1.807) is 6.07 Å². The summed E-state index contributed by atoms with van der Waals surface area (Å²) in [5, 5.41) is 23.2. The first-order chi connectivity index (χ1) is 14.2. The smallest absolute Gasteiger partial charge is 0.333 e. The van der Waals surface area contributed by atoms with Gasteiger partial charge < -0.3 is 11.1 Å². The van der Waals surface area contributed by atoms with Gasteiger partial charge in [-0.25, -0.2) is 9.07 Å². The second kappa shape index (κ2) is 8.08. The molecule has 0 aliphatic carbocycles. The van der Waals surface area contributed by atoms with Gasteiger partial charge in [-0.05, 0) is 36.8 Å². The molecule has 0 aliphatic rings. The Labute approximate surface area is 169 Å². The van der Waals surface area contributed by atoms with E-state index >= 15 is 0 Å². The normalized spacial score (nSPS) is 10.7. The summed E-state index contributed by atoms with van der Waals surface area (Å²) >= 11 is 0. The minimum Gasteiger partial charge on any atom is -0.398 e. The highest BCUT2D eigenvalue weighted by atomic mass is 19.3. The summed E-state index contributed by atoms with van der Waals surface area (Å²) in [5.74, 6) is -1.72. The highest BCUT2D eigenvalue weighted by molar-refractivity contribution is 6.14. The van der Waals surface area contributed by atoms with Gasteiger partial charge in [0.15, 0.2) is 5.82 Å². The van der Waals surface area contributed by atoms with Crippen LogP contribution in [-0.2, 0) is 0 Å². The summed E-state index contributed by atoms with van der Waals surface area (Å²) in [5.41, 5.74) is 6.18. The van der Waals surface area contributed by atoms with Gasteiger partial charge in [0.1, 0.15) is 6.07 Å². The van der Waals surface area contributed by atoms with Gasteiger partial charge in [-0.2, -0.15) is 19.1 Å². The van der Waals surface area contributed by atoms with Gasteiger partial charge in [0, 0.05) is 28.7 Å². The van der Waals surface area contributed by atoms with Gasteiger partial charge in [0.2, 0.25) is 0 Å². The number of hydrogen-bond acceptors (Lipinski definition) is 5. The summed E-state index contributed by atoms with van der Waals surface area (Å²) in [6.45, 7) is -1.32. The fraction of sp³-hybridized carbons (Fsp3) is 0.100. The number of nitrogen functional groups attached to an aromatic ring is 1. The van der Waals surface area contributed by atoms with Gasteiger partial charge in [-0.15, -0.1) is 0 Å². The SMILES string of the molecule is Cc1ccc(C#N)c(F)c1C(=O)Nc1ccc(N)c(C(=N)c2cnn(C(F)F)c2)c1. The van der Waals surface area contributed by atoms with Crippen LogP contribution >= 0.6 is 0 Å². The Kier molecular flexibility index (Phi) is 5.55. The number of amides is 1. The molecule has 0 fully saturated rings. The molecular weight excluding hydrogens is 397 g/mol. The molecular formula is C20H15F3N6O. The second-order valence-corrected chi connectivity index (χ2v) is 6.35. The first-order valence-corrected chi connectivity index (χ1v) is 8.54. The van der Waals surface area contributed by atoms with Gasteiger partial charge in [0.25, 0.3) is 5.91 Å². The average molecular weight is 412 g/mol. The third kappa shape index (κ3) is 3.86. The molecule has 1 aromatic heterocycles. The fourth-order valence-corrected chi connectivity index (χ4v) is 2.81. The lowest BCUT2D eigenvalue weighted by Gasteiger charge is -2.12. The molecule has 1 heterocycles. The van der Waals surface area contributed by atoms with Crippen LogP contribution in [0.25, 0.3) is 0 Å². The molecule has 3 aromatic rings. The van der Waals surface area contributed by atoms with Crippen molar-refractivity contribution in [3.05, 3.63) is 76.4 Å². The standard InChI is InChI=1S/C20H15F3N6O/c1-10-2-3-11(7-24)17(21)16(10)19(30)28-13-4-5-15(25)14(6-13)18(26)12-8-27-29(9-12)20(22)23/h2-6,8-9,20,26H,25H2,1H3,(H,28,30). The van der Waals surface area contributed by atoms with Gasteiger partial charge >= 0.3 is 6.55 Å². The van der Waals surface area contributed by atoms with Crippen molar-refractivity contribution in [2.45, 2.75) is 13.5 Å². The monoisotopic (exact) mass is 412 g/mol. The first-order valence-electron chi connectivity index (χ1n) is 8.54. The molecule has 0 saturated carbocycles. The third-order valence-electron chi connectivity index (χ3n) is 4.37. The largest absolute Gasteiger partial charge is 0.398 e. The number of nitriles is 1. The highest BCUT2D eigenvalue weighted by Gasteiger charge is 2.19. The zero-order chi connectivity index (χ0) is 22.0. The van der Waals surface area contributed by atoms with Crippen LogP contribution in [0.3, 0.4) is 0 Å². The summed E-state index contributed by atoms with van der Waals surface area (Å²) in [6, 6.07) is 8.67. The summed E-state index contributed by atoms with van der Waals surface area (Å²) in [4.78, 5) is 12.6. The number of alkyl halides is 2. The van der Waals surface area contributed by atoms with E-state index in [9.17, 15) is 18.0 Å². The minimum absolute atomic E-state index is 0.106. The van der Waals surface area contributed by atoms with Crippen LogP contribution in [0.1, 0.15) is 39.2 Å². The lowest BCUT2D eigenvalue weighted by atomic mass is 10.0. The number of carbonyl (C=O) groups is 1. The van der Waals surface area contributed by atoms with Crippen LogP contribution in [0, 0.1) is 29.5 Å². The highest BCUT2D eigenvalue weighted by Crippen LogP contribution is 2.24. The quantitative estimate of drug-likeness (QED) is 0.435. The van der Waals surface area contributed by atoms with E-state index in [1.165, 1.54) is 37.3 Å². The summed E-state index contributed by atoms with van der Waals surface area (Å²) < 4.78 is 40.3. The second-order valence-electron chi connectivity index (χ2n) is 6.35.